The van der Waals surface area contributed by atoms with Crippen LogP contribution in [0.3, 0.4) is 0 Å². The molecular weight excluding hydrogens is 601 g/mol. The minimum atomic E-state index is -0.503. The van der Waals surface area contributed by atoms with Gasteiger partial charge in [-0.3, -0.25) is 4.98 Å². The number of nitrogens with zero attached hydrogens (tertiary/aromatic N) is 3. The summed E-state index contributed by atoms with van der Waals surface area (Å²) >= 11 is 0. The van der Waals surface area contributed by atoms with Gasteiger partial charge in [-0.2, -0.15) is 0 Å². The first-order valence-electron chi connectivity index (χ1n) is 16.5. The lowest BCUT2D eigenvalue weighted by molar-refractivity contribution is 0.667. The zero-order chi connectivity index (χ0) is 32.3. The highest BCUT2D eigenvalue weighted by Gasteiger charge is 2.26. The Labute approximate surface area is 281 Å². The molecule has 1 N–H and O–H groups in total. The van der Waals surface area contributed by atoms with Crippen molar-refractivity contribution in [3.05, 3.63) is 175 Å². The molecule has 5 nitrogen and oxygen atoms in total. The maximum atomic E-state index is 6.75. The molecule has 9 aromatic rings. The summed E-state index contributed by atoms with van der Waals surface area (Å²) < 4.78 is 6.75. The summed E-state index contributed by atoms with van der Waals surface area (Å²) in [7, 11) is 0. The van der Waals surface area contributed by atoms with Crippen molar-refractivity contribution in [2.75, 3.05) is 0 Å². The molecular formula is C44H28N4O. The number of aliphatic imine (C=N–C) groups is 2. The van der Waals surface area contributed by atoms with Crippen LogP contribution in [0, 0.1) is 0 Å². The van der Waals surface area contributed by atoms with Gasteiger partial charge in [-0.25, -0.2) is 9.98 Å². The van der Waals surface area contributed by atoms with Gasteiger partial charge in [0.25, 0.3) is 0 Å². The van der Waals surface area contributed by atoms with Gasteiger partial charge in [-0.1, -0.05) is 133 Å². The molecule has 3 heterocycles. The Bertz CT molecular complexity index is 2740. The molecule has 0 unspecified atom stereocenters. The Balaban J connectivity index is 1.25. The maximum absolute atomic E-state index is 6.75. The maximum Gasteiger partial charge on any atom is 0.170 e. The predicted octanol–water partition coefficient (Wildman–Crippen LogP) is 10.6. The second-order valence-corrected chi connectivity index (χ2v) is 12.4. The molecule has 1 aliphatic heterocycles. The molecule has 2 aromatic heterocycles. The molecule has 49 heavy (non-hydrogen) atoms. The number of benzene rings is 7. The lowest BCUT2D eigenvalue weighted by Gasteiger charge is -2.23. The summed E-state index contributed by atoms with van der Waals surface area (Å²) in [6.45, 7) is 0. The van der Waals surface area contributed by atoms with Crippen LogP contribution in [0.1, 0.15) is 22.9 Å². The van der Waals surface area contributed by atoms with Crippen molar-refractivity contribution in [2.45, 2.75) is 6.17 Å². The van der Waals surface area contributed by atoms with E-state index in [4.69, 9.17) is 14.4 Å². The molecule has 0 saturated heterocycles. The van der Waals surface area contributed by atoms with Crippen molar-refractivity contribution >= 4 is 65.9 Å². The van der Waals surface area contributed by atoms with Crippen LogP contribution in [0.2, 0.25) is 0 Å². The summed E-state index contributed by atoms with van der Waals surface area (Å²) in [5, 5.41) is 12.8. The van der Waals surface area contributed by atoms with Crippen molar-refractivity contribution in [3.63, 3.8) is 0 Å². The third-order valence-electron chi connectivity index (χ3n) is 9.61. The van der Waals surface area contributed by atoms with E-state index in [1.807, 2.05) is 48.7 Å². The summed E-state index contributed by atoms with van der Waals surface area (Å²) in [6.07, 6.45) is 3.12. The Kier molecular flexibility index (Phi) is 6.18. The van der Waals surface area contributed by atoms with Crippen LogP contribution in [0.15, 0.2) is 172 Å². The van der Waals surface area contributed by atoms with Crippen LogP contribution in [-0.4, -0.2) is 16.7 Å². The number of amidine groups is 2. The Hall–Kier alpha value is -6.59. The quantitative estimate of drug-likeness (QED) is 0.197. The average Bonchev–Trinajstić information content (AvgIpc) is 3.57. The largest absolute Gasteiger partial charge is 0.454 e. The van der Waals surface area contributed by atoms with Crippen molar-refractivity contribution in [1.82, 2.24) is 10.3 Å². The molecule has 10 rings (SSSR count). The molecule has 0 aliphatic carbocycles. The van der Waals surface area contributed by atoms with Gasteiger partial charge in [0.2, 0.25) is 0 Å². The van der Waals surface area contributed by atoms with E-state index in [1.165, 1.54) is 32.3 Å². The molecule has 0 spiro atoms. The van der Waals surface area contributed by atoms with Crippen LogP contribution in [0.4, 0.5) is 0 Å². The molecule has 0 atom stereocenters. The lowest BCUT2D eigenvalue weighted by atomic mass is 9.89. The molecule has 1 aliphatic rings. The van der Waals surface area contributed by atoms with Gasteiger partial charge >= 0.3 is 0 Å². The topological polar surface area (TPSA) is 62.8 Å². The number of furan rings is 1. The number of rotatable bonds is 4. The van der Waals surface area contributed by atoms with Gasteiger partial charge in [0.15, 0.2) is 11.7 Å². The molecule has 230 valence electrons. The smallest absolute Gasteiger partial charge is 0.170 e. The summed E-state index contributed by atoms with van der Waals surface area (Å²) in [6, 6.07) is 50.9. The number of pyridine rings is 1. The molecule has 0 fully saturated rings. The van der Waals surface area contributed by atoms with Crippen LogP contribution in [0.25, 0.3) is 65.4 Å². The monoisotopic (exact) mass is 628 g/mol. The van der Waals surface area contributed by atoms with Gasteiger partial charge in [0, 0.05) is 39.2 Å². The minimum Gasteiger partial charge on any atom is -0.454 e. The fourth-order valence-electron chi connectivity index (χ4n) is 7.36. The van der Waals surface area contributed by atoms with Crippen LogP contribution in [0.5, 0.6) is 0 Å². The van der Waals surface area contributed by atoms with Gasteiger partial charge in [0.05, 0.1) is 6.20 Å². The number of nitrogens with one attached hydrogen (secondary N) is 1. The molecule has 7 aromatic carbocycles. The molecule has 5 heteroatoms. The number of hydrogen-bond acceptors (Lipinski definition) is 5. The van der Waals surface area contributed by atoms with E-state index in [-0.39, 0.29) is 0 Å². The number of hydrogen-bond donors (Lipinski definition) is 1. The van der Waals surface area contributed by atoms with E-state index in [0.29, 0.717) is 0 Å². The van der Waals surface area contributed by atoms with Gasteiger partial charge in [-0.05, 0) is 50.0 Å². The van der Waals surface area contributed by atoms with E-state index >= 15 is 0 Å². The third kappa shape index (κ3) is 4.44. The van der Waals surface area contributed by atoms with E-state index < -0.39 is 6.17 Å². The van der Waals surface area contributed by atoms with E-state index in [1.54, 1.807) is 6.20 Å². The van der Waals surface area contributed by atoms with Crippen LogP contribution < -0.4 is 5.32 Å². The van der Waals surface area contributed by atoms with Crippen LogP contribution in [-0.2, 0) is 0 Å². The van der Waals surface area contributed by atoms with Gasteiger partial charge in [0.1, 0.15) is 17.3 Å². The Morgan fingerprint density at radius 1 is 0.510 bits per heavy atom. The summed E-state index contributed by atoms with van der Waals surface area (Å²) in [5.74, 6) is 1.55. The summed E-state index contributed by atoms with van der Waals surface area (Å²) in [5.41, 5.74) is 6.65. The van der Waals surface area contributed by atoms with Crippen molar-refractivity contribution in [2.24, 2.45) is 9.98 Å². The number of aromatic nitrogens is 1. The van der Waals surface area contributed by atoms with Gasteiger partial charge in [-0.15, -0.1) is 0 Å². The lowest BCUT2D eigenvalue weighted by Crippen LogP contribution is -2.36. The van der Waals surface area contributed by atoms with E-state index in [0.717, 1.165) is 61.4 Å². The highest BCUT2D eigenvalue weighted by molar-refractivity contribution is 6.25. The first-order valence-corrected chi connectivity index (χ1v) is 16.5. The standard InChI is InChI=1S/C44H28N4O/c1-3-12-28(13-4-1)42-46-43(29-14-5-2-6-15-29)48-44(47-42)36-22-21-34(41-40(36)35-23-24-45-26-38(35)49-41)37-25-30-20-19-27-11-7-8-16-31(27)39(30)33-18-10-9-17-32(33)37/h1-26,44H,(H,46,47,48). The second kappa shape index (κ2) is 11.0. The zero-order valence-electron chi connectivity index (χ0n) is 26.3. The first kappa shape index (κ1) is 27.5. The van der Waals surface area contributed by atoms with Crippen LogP contribution >= 0.6 is 0 Å². The SMILES string of the molecule is c1ccc(C2=NC(c3ccc(-c4cc5ccc6ccccc6c5c5ccccc45)c4oc5cnccc5c34)N=C(c3ccccc3)N2)cc1. The van der Waals surface area contributed by atoms with Crippen molar-refractivity contribution < 1.29 is 4.42 Å². The van der Waals surface area contributed by atoms with E-state index in [2.05, 4.69) is 113 Å². The molecule has 0 bridgehead atoms. The van der Waals surface area contributed by atoms with E-state index in [9.17, 15) is 0 Å². The van der Waals surface area contributed by atoms with Crippen molar-refractivity contribution in [3.8, 4) is 11.1 Å². The second-order valence-electron chi connectivity index (χ2n) is 12.4. The predicted molar refractivity (Wildman–Crippen MR) is 201 cm³/mol. The Morgan fingerprint density at radius 2 is 1.16 bits per heavy atom. The van der Waals surface area contributed by atoms with Gasteiger partial charge < -0.3 is 9.73 Å². The molecule has 0 saturated carbocycles. The molecule has 0 amide bonds. The minimum absolute atomic E-state index is 0.503. The Morgan fingerprint density at radius 3 is 1.92 bits per heavy atom. The summed E-state index contributed by atoms with van der Waals surface area (Å²) in [4.78, 5) is 14.9. The zero-order valence-corrected chi connectivity index (χ0v) is 26.3. The first-order chi connectivity index (χ1) is 24.3. The fraction of sp³-hybridized carbons (Fsp3) is 0.0227. The molecule has 0 radical (unpaired) electrons. The average molecular weight is 629 g/mol. The number of fused-ring (bicyclic) bond motifs is 8. The van der Waals surface area contributed by atoms with Crippen molar-refractivity contribution in [1.29, 1.82) is 0 Å². The highest BCUT2D eigenvalue weighted by Crippen LogP contribution is 2.45. The fourth-order valence-corrected chi connectivity index (χ4v) is 7.36. The third-order valence-corrected chi connectivity index (χ3v) is 9.61. The normalized spacial score (nSPS) is 13.6. The highest BCUT2D eigenvalue weighted by atomic mass is 16.3.